The number of benzene rings is 2. The number of amides is 1. The molecule has 5 nitrogen and oxygen atoms in total. The second-order valence-electron chi connectivity index (χ2n) is 5.75. The molecule has 0 aliphatic heterocycles. The molecule has 0 radical (unpaired) electrons. The van der Waals surface area contributed by atoms with Crippen molar-refractivity contribution in [1.82, 2.24) is 9.97 Å². The zero-order valence-corrected chi connectivity index (χ0v) is 14.2. The lowest BCUT2D eigenvalue weighted by atomic mass is 10.1. The maximum atomic E-state index is 13.6. The van der Waals surface area contributed by atoms with Gasteiger partial charge in [0.1, 0.15) is 5.82 Å². The third kappa shape index (κ3) is 4.86. The maximum absolute atomic E-state index is 13.6. The predicted molar refractivity (Wildman–Crippen MR) is 99.6 cm³/mol. The largest absolute Gasteiger partial charge is 0.354 e. The molecule has 0 aliphatic rings. The Hall–Kier alpha value is -3.28. The number of aromatic nitrogens is 2. The number of anilines is 2. The van der Waals surface area contributed by atoms with Crippen molar-refractivity contribution in [3.05, 3.63) is 83.9 Å². The first-order valence-electron chi connectivity index (χ1n) is 8.38. The highest BCUT2D eigenvalue weighted by Gasteiger charge is 2.10. The molecular formula is C20H19FN4O. The van der Waals surface area contributed by atoms with Crippen LogP contribution in [0.3, 0.4) is 0 Å². The van der Waals surface area contributed by atoms with Gasteiger partial charge in [-0.25, -0.2) is 14.4 Å². The first-order valence-corrected chi connectivity index (χ1v) is 8.38. The molecule has 2 aromatic carbocycles. The van der Waals surface area contributed by atoms with Gasteiger partial charge >= 0.3 is 0 Å². The van der Waals surface area contributed by atoms with E-state index in [-0.39, 0.29) is 11.3 Å². The van der Waals surface area contributed by atoms with Crippen LogP contribution < -0.4 is 10.6 Å². The molecule has 6 heteroatoms. The molecule has 26 heavy (non-hydrogen) atoms. The normalized spacial score (nSPS) is 10.3. The van der Waals surface area contributed by atoms with Crippen LogP contribution >= 0.6 is 0 Å². The number of halogens is 1. The van der Waals surface area contributed by atoms with Crippen molar-refractivity contribution in [2.24, 2.45) is 0 Å². The van der Waals surface area contributed by atoms with E-state index in [1.165, 1.54) is 30.1 Å². The number of para-hydroxylation sites is 1. The molecule has 0 fully saturated rings. The standard InChI is InChI=1S/C20H19FN4O/c21-17-10-4-5-11-18(17)25-19(26)16-13-23-20(24-14-16)22-12-6-9-15-7-2-1-3-8-15/h1-5,7-8,10-11,13-14H,6,9,12H2,(H,25,26)(H,22,23,24). The van der Waals surface area contributed by atoms with Gasteiger partial charge in [-0.05, 0) is 30.5 Å². The monoisotopic (exact) mass is 350 g/mol. The molecule has 132 valence electrons. The molecule has 1 amide bonds. The van der Waals surface area contributed by atoms with Crippen LogP contribution in [-0.4, -0.2) is 22.4 Å². The Labute approximate surface area is 151 Å². The van der Waals surface area contributed by atoms with Gasteiger partial charge in [-0.1, -0.05) is 42.5 Å². The van der Waals surface area contributed by atoms with Crippen molar-refractivity contribution in [3.8, 4) is 0 Å². The van der Waals surface area contributed by atoms with E-state index < -0.39 is 11.7 Å². The fourth-order valence-electron chi connectivity index (χ4n) is 2.43. The zero-order chi connectivity index (χ0) is 18.2. The van der Waals surface area contributed by atoms with Gasteiger partial charge in [-0.2, -0.15) is 0 Å². The average Bonchev–Trinajstić information content (AvgIpc) is 2.68. The summed E-state index contributed by atoms with van der Waals surface area (Å²) in [7, 11) is 0. The summed E-state index contributed by atoms with van der Waals surface area (Å²) < 4.78 is 13.6. The molecule has 3 rings (SSSR count). The van der Waals surface area contributed by atoms with Gasteiger partial charge in [0.15, 0.2) is 0 Å². The van der Waals surface area contributed by atoms with Crippen molar-refractivity contribution in [2.45, 2.75) is 12.8 Å². The summed E-state index contributed by atoms with van der Waals surface area (Å²) in [5.74, 6) is -0.482. The fraction of sp³-hybridized carbons (Fsp3) is 0.150. The van der Waals surface area contributed by atoms with Crippen LogP contribution in [0, 0.1) is 5.82 Å². The van der Waals surface area contributed by atoms with Gasteiger partial charge in [0, 0.05) is 18.9 Å². The minimum absolute atomic E-state index is 0.126. The average molecular weight is 350 g/mol. The smallest absolute Gasteiger partial charge is 0.258 e. The minimum Gasteiger partial charge on any atom is -0.354 e. The summed E-state index contributed by atoms with van der Waals surface area (Å²) in [4.78, 5) is 20.4. The SMILES string of the molecule is O=C(Nc1ccccc1F)c1cnc(NCCCc2ccccc2)nc1. The topological polar surface area (TPSA) is 66.9 Å². The van der Waals surface area contributed by atoms with Crippen LogP contribution in [0.2, 0.25) is 0 Å². The van der Waals surface area contributed by atoms with Crippen LogP contribution in [-0.2, 0) is 6.42 Å². The number of carbonyl (C=O) groups is 1. The van der Waals surface area contributed by atoms with E-state index in [1.54, 1.807) is 12.1 Å². The quantitative estimate of drug-likeness (QED) is 0.634. The van der Waals surface area contributed by atoms with E-state index in [0.29, 0.717) is 5.95 Å². The highest BCUT2D eigenvalue weighted by atomic mass is 19.1. The summed E-state index contributed by atoms with van der Waals surface area (Å²) in [6.07, 6.45) is 4.76. The van der Waals surface area contributed by atoms with E-state index in [0.717, 1.165) is 19.4 Å². The van der Waals surface area contributed by atoms with Crippen LogP contribution in [0.25, 0.3) is 0 Å². The van der Waals surface area contributed by atoms with Gasteiger partial charge in [-0.3, -0.25) is 4.79 Å². The number of aryl methyl sites for hydroxylation is 1. The maximum Gasteiger partial charge on any atom is 0.258 e. The second kappa shape index (κ2) is 8.71. The van der Waals surface area contributed by atoms with Gasteiger partial charge in [0.25, 0.3) is 5.91 Å². The van der Waals surface area contributed by atoms with Gasteiger partial charge in [0.05, 0.1) is 11.3 Å². The second-order valence-corrected chi connectivity index (χ2v) is 5.75. The van der Waals surface area contributed by atoms with E-state index in [4.69, 9.17) is 0 Å². The molecule has 0 saturated heterocycles. The Morgan fingerprint density at radius 1 is 0.962 bits per heavy atom. The van der Waals surface area contributed by atoms with Crippen molar-refractivity contribution < 1.29 is 9.18 Å². The zero-order valence-electron chi connectivity index (χ0n) is 14.2. The van der Waals surface area contributed by atoms with Crippen LogP contribution in [0.4, 0.5) is 16.0 Å². The Balaban J connectivity index is 1.48. The third-order valence-corrected chi connectivity index (χ3v) is 3.80. The summed E-state index contributed by atoms with van der Waals surface area (Å²) in [5, 5.41) is 5.63. The summed E-state index contributed by atoms with van der Waals surface area (Å²) in [5.41, 5.74) is 1.68. The van der Waals surface area contributed by atoms with E-state index in [9.17, 15) is 9.18 Å². The van der Waals surface area contributed by atoms with Gasteiger partial charge in [-0.15, -0.1) is 0 Å². The van der Waals surface area contributed by atoms with Gasteiger partial charge in [0.2, 0.25) is 5.95 Å². The molecular weight excluding hydrogens is 331 g/mol. The first-order chi connectivity index (χ1) is 12.7. The van der Waals surface area contributed by atoms with E-state index in [2.05, 4.69) is 32.7 Å². The fourth-order valence-corrected chi connectivity index (χ4v) is 2.43. The third-order valence-electron chi connectivity index (χ3n) is 3.80. The number of rotatable bonds is 7. The lowest BCUT2D eigenvalue weighted by molar-refractivity contribution is 0.102. The number of nitrogens with zero attached hydrogens (tertiary/aromatic N) is 2. The lowest BCUT2D eigenvalue weighted by Crippen LogP contribution is -2.14. The van der Waals surface area contributed by atoms with Crippen LogP contribution in [0.5, 0.6) is 0 Å². The summed E-state index contributed by atoms with van der Waals surface area (Å²) in [6.45, 7) is 0.732. The lowest BCUT2D eigenvalue weighted by Gasteiger charge is -2.07. The Morgan fingerprint density at radius 2 is 1.65 bits per heavy atom. The molecule has 0 unspecified atom stereocenters. The van der Waals surface area contributed by atoms with E-state index >= 15 is 0 Å². The minimum atomic E-state index is -0.488. The molecule has 0 aliphatic carbocycles. The van der Waals surface area contributed by atoms with E-state index in [1.807, 2.05) is 18.2 Å². The van der Waals surface area contributed by atoms with Crippen molar-refractivity contribution in [2.75, 3.05) is 17.2 Å². The van der Waals surface area contributed by atoms with Crippen LogP contribution in [0.15, 0.2) is 67.0 Å². The number of nitrogens with one attached hydrogen (secondary N) is 2. The molecule has 2 N–H and O–H groups in total. The molecule has 0 saturated carbocycles. The Morgan fingerprint density at radius 3 is 2.38 bits per heavy atom. The number of hydrogen-bond donors (Lipinski definition) is 2. The molecule has 0 bridgehead atoms. The Kier molecular flexibility index (Phi) is 5.88. The Bertz CT molecular complexity index is 853. The van der Waals surface area contributed by atoms with Crippen LogP contribution in [0.1, 0.15) is 22.3 Å². The number of hydrogen-bond acceptors (Lipinski definition) is 4. The molecule has 0 atom stereocenters. The molecule has 0 spiro atoms. The molecule has 1 aromatic heterocycles. The first kappa shape index (κ1) is 17.5. The predicted octanol–water partition coefficient (Wildman–Crippen LogP) is 3.91. The van der Waals surface area contributed by atoms with Crippen molar-refractivity contribution >= 4 is 17.5 Å². The van der Waals surface area contributed by atoms with Crippen molar-refractivity contribution in [3.63, 3.8) is 0 Å². The van der Waals surface area contributed by atoms with Gasteiger partial charge < -0.3 is 10.6 Å². The highest BCUT2D eigenvalue weighted by Crippen LogP contribution is 2.13. The molecule has 3 aromatic rings. The summed E-state index contributed by atoms with van der Waals surface area (Å²) >= 11 is 0. The highest BCUT2D eigenvalue weighted by molar-refractivity contribution is 6.03. The molecule has 1 heterocycles. The van der Waals surface area contributed by atoms with Crippen molar-refractivity contribution in [1.29, 1.82) is 0 Å². The number of carbonyl (C=O) groups excluding carboxylic acids is 1. The summed E-state index contributed by atoms with van der Waals surface area (Å²) in [6, 6.07) is 16.2.